The highest BCUT2D eigenvalue weighted by molar-refractivity contribution is 5.36. The van der Waals surface area contributed by atoms with Gasteiger partial charge in [0.05, 0.1) is 12.1 Å². The number of benzene rings is 1. The second kappa shape index (κ2) is 4.19. The van der Waals surface area contributed by atoms with E-state index in [0.29, 0.717) is 6.04 Å². The van der Waals surface area contributed by atoms with Gasteiger partial charge in [0.1, 0.15) is 0 Å². The number of aliphatic hydroxyl groups excluding tert-OH is 1. The van der Waals surface area contributed by atoms with Crippen LogP contribution in [0.4, 0.5) is 0 Å². The van der Waals surface area contributed by atoms with Gasteiger partial charge in [0.25, 0.3) is 0 Å². The molecule has 0 bridgehead atoms. The highest BCUT2D eigenvalue weighted by Crippen LogP contribution is 2.33. The van der Waals surface area contributed by atoms with Crippen LogP contribution in [0.3, 0.4) is 0 Å². The lowest BCUT2D eigenvalue weighted by molar-refractivity contribution is 0.135. The van der Waals surface area contributed by atoms with Crippen LogP contribution < -0.4 is 5.32 Å². The van der Waals surface area contributed by atoms with Crippen molar-refractivity contribution in [3.05, 3.63) is 35.4 Å². The third-order valence-corrected chi connectivity index (χ3v) is 3.97. The number of fused-ring (bicyclic) bond motifs is 1. The summed E-state index contributed by atoms with van der Waals surface area (Å²) in [7, 11) is 0. The first-order chi connectivity index (χ1) is 7.84. The molecule has 0 aliphatic heterocycles. The predicted molar refractivity (Wildman–Crippen MR) is 64.3 cm³/mol. The van der Waals surface area contributed by atoms with Gasteiger partial charge >= 0.3 is 0 Å². The van der Waals surface area contributed by atoms with Crippen LogP contribution in [0.5, 0.6) is 0 Å². The lowest BCUT2D eigenvalue weighted by Gasteiger charge is -2.22. The average Bonchev–Trinajstić information content (AvgIpc) is 2.89. The normalized spacial score (nSPS) is 29.6. The summed E-state index contributed by atoms with van der Waals surface area (Å²) in [6, 6.07) is 9.20. The lowest BCUT2D eigenvalue weighted by atomic mass is 10.1. The Labute approximate surface area is 96.7 Å². The summed E-state index contributed by atoms with van der Waals surface area (Å²) in [6.45, 7) is 0. The van der Waals surface area contributed by atoms with Crippen molar-refractivity contribution in [2.75, 3.05) is 0 Å². The van der Waals surface area contributed by atoms with Gasteiger partial charge < -0.3 is 10.4 Å². The molecule has 2 aliphatic rings. The van der Waals surface area contributed by atoms with Gasteiger partial charge in [0, 0.05) is 12.5 Å². The van der Waals surface area contributed by atoms with Crippen LogP contribution in [0.25, 0.3) is 0 Å². The molecule has 2 aliphatic carbocycles. The number of hydrogen-bond donors (Lipinski definition) is 2. The van der Waals surface area contributed by atoms with E-state index in [2.05, 4.69) is 29.6 Å². The van der Waals surface area contributed by atoms with Gasteiger partial charge in [0.15, 0.2) is 0 Å². The fourth-order valence-corrected chi connectivity index (χ4v) is 3.12. The molecular formula is C14H19NO. The van der Waals surface area contributed by atoms with E-state index < -0.39 is 0 Å². The fourth-order valence-electron chi connectivity index (χ4n) is 3.12. The quantitative estimate of drug-likeness (QED) is 0.795. The topological polar surface area (TPSA) is 32.3 Å². The number of rotatable bonds is 2. The summed E-state index contributed by atoms with van der Waals surface area (Å²) in [4.78, 5) is 0. The Balaban J connectivity index is 1.79. The fraction of sp³-hybridized carbons (Fsp3) is 0.571. The predicted octanol–water partition coefficient (Wildman–Crippen LogP) is 2.18. The van der Waals surface area contributed by atoms with Crippen molar-refractivity contribution < 1.29 is 5.11 Å². The van der Waals surface area contributed by atoms with Gasteiger partial charge in [-0.1, -0.05) is 37.1 Å². The van der Waals surface area contributed by atoms with Gasteiger partial charge in [0.2, 0.25) is 0 Å². The molecule has 2 atom stereocenters. The van der Waals surface area contributed by atoms with Crippen LogP contribution >= 0.6 is 0 Å². The Morgan fingerprint density at radius 2 is 1.88 bits per heavy atom. The van der Waals surface area contributed by atoms with Crippen molar-refractivity contribution in [1.29, 1.82) is 0 Å². The van der Waals surface area contributed by atoms with E-state index in [1.54, 1.807) is 0 Å². The zero-order chi connectivity index (χ0) is 11.0. The maximum absolute atomic E-state index is 10.1. The first kappa shape index (κ1) is 10.3. The second-order valence-corrected chi connectivity index (χ2v) is 5.10. The zero-order valence-electron chi connectivity index (χ0n) is 9.52. The Morgan fingerprint density at radius 1 is 1.12 bits per heavy atom. The molecule has 0 radical (unpaired) electrons. The van der Waals surface area contributed by atoms with Gasteiger partial charge in [-0.05, 0) is 24.0 Å². The molecule has 3 rings (SSSR count). The third kappa shape index (κ3) is 1.76. The minimum absolute atomic E-state index is 0.166. The van der Waals surface area contributed by atoms with Gasteiger partial charge in [-0.2, -0.15) is 0 Å². The van der Waals surface area contributed by atoms with Gasteiger partial charge in [-0.3, -0.25) is 0 Å². The first-order valence-electron chi connectivity index (χ1n) is 6.36. The molecule has 0 heterocycles. The number of nitrogens with one attached hydrogen (secondary N) is 1. The van der Waals surface area contributed by atoms with Crippen molar-refractivity contribution in [1.82, 2.24) is 5.32 Å². The lowest BCUT2D eigenvalue weighted by Crippen LogP contribution is -2.35. The van der Waals surface area contributed by atoms with E-state index in [1.165, 1.54) is 36.8 Å². The molecular weight excluding hydrogens is 198 g/mol. The molecule has 1 fully saturated rings. The first-order valence-corrected chi connectivity index (χ1v) is 6.36. The molecule has 86 valence electrons. The Hall–Kier alpha value is -0.860. The maximum atomic E-state index is 10.1. The molecule has 16 heavy (non-hydrogen) atoms. The summed E-state index contributed by atoms with van der Waals surface area (Å²) in [5.74, 6) is 0. The average molecular weight is 217 g/mol. The van der Waals surface area contributed by atoms with E-state index in [4.69, 9.17) is 0 Å². The van der Waals surface area contributed by atoms with Crippen LogP contribution in [0.1, 0.15) is 42.9 Å². The van der Waals surface area contributed by atoms with Crippen molar-refractivity contribution in [2.45, 2.75) is 50.3 Å². The molecule has 1 saturated carbocycles. The molecule has 0 amide bonds. The van der Waals surface area contributed by atoms with E-state index >= 15 is 0 Å². The van der Waals surface area contributed by atoms with Crippen molar-refractivity contribution in [3.63, 3.8) is 0 Å². The zero-order valence-corrected chi connectivity index (χ0v) is 9.52. The molecule has 2 nitrogen and oxygen atoms in total. The second-order valence-electron chi connectivity index (χ2n) is 5.10. The van der Waals surface area contributed by atoms with Crippen LogP contribution in [0, 0.1) is 0 Å². The highest BCUT2D eigenvalue weighted by atomic mass is 16.3. The van der Waals surface area contributed by atoms with Gasteiger partial charge in [-0.15, -0.1) is 0 Å². The minimum Gasteiger partial charge on any atom is -0.391 e. The third-order valence-electron chi connectivity index (χ3n) is 3.97. The van der Waals surface area contributed by atoms with Crippen LogP contribution in [-0.4, -0.2) is 17.3 Å². The molecule has 2 heteroatoms. The molecule has 1 aromatic rings. The summed E-state index contributed by atoms with van der Waals surface area (Å²) < 4.78 is 0. The molecule has 0 unspecified atom stereocenters. The Morgan fingerprint density at radius 3 is 2.69 bits per heavy atom. The molecule has 1 aromatic carbocycles. The summed E-state index contributed by atoms with van der Waals surface area (Å²) >= 11 is 0. The summed E-state index contributed by atoms with van der Waals surface area (Å²) in [5.41, 5.74) is 2.62. The standard InChI is InChI=1S/C14H19NO/c16-13-9-10-5-1-4-8-12(10)14(13)15-11-6-2-3-7-11/h1,4-5,8,11,13-16H,2-3,6-7,9H2/t13-,14+/m0/s1. The number of hydrogen-bond acceptors (Lipinski definition) is 2. The Kier molecular flexibility index (Phi) is 2.70. The van der Waals surface area contributed by atoms with Crippen LogP contribution in [0.15, 0.2) is 24.3 Å². The summed E-state index contributed by atoms with van der Waals surface area (Å²) in [5, 5.41) is 13.7. The van der Waals surface area contributed by atoms with Crippen LogP contribution in [-0.2, 0) is 6.42 Å². The number of aliphatic hydroxyl groups is 1. The molecule has 0 aromatic heterocycles. The largest absolute Gasteiger partial charge is 0.391 e. The van der Waals surface area contributed by atoms with E-state index in [9.17, 15) is 5.11 Å². The Bertz CT molecular complexity index is 371. The molecule has 0 saturated heterocycles. The molecule has 0 spiro atoms. The van der Waals surface area contributed by atoms with E-state index in [1.807, 2.05) is 0 Å². The maximum Gasteiger partial charge on any atom is 0.0775 e. The SMILES string of the molecule is O[C@H]1Cc2ccccc2[C@H]1NC1CCCC1. The van der Waals surface area contributed by atoms with Crippen molar-refractivity contribution in [2.24, 2.45) is 0 Å². The van der Waals surface area contributed by atoms with Crippen LogP contribution in [0.2, 0.25) is 0 Å². The summed E-state index contributed by atoms with van der Waals surface area (Å²) in [6.07, 6.45) is 5.78. The van der Waals surface area contributed by atoms with Gasteiger partial charge in [-0.25, -0.2) is 0 Å². The minimum atomic E-state index is -0.238. The molecule has 2 N–H and O–H groups in total. The monoisotopic (exact) mass is 217 g/mol. The van der Waals surface area contributed by atoms with E-state index in [-0.39, 0.29) is 12.1 Å². The van der Waals surface area contributed by atoms with E-state index in [0.717, 1.165) is 6.42 Å². The van der Waals surface area contributed by atoms with Crippen molar-refractivity contribution >= 4 is 0 Å². The van der Waals surface area contributed by atoms with Crippen molar-refractivity contribution in [3.8, 4) is 0 Å². The highest BCUT2D eigenvalue weighted by Gasteiger charge is 2.32. The smallest absolute Gasteiger partial charge is 0.0775 e.